The zero-order valence-electron chi connectivity index (χ0n) is 26.6. The van der Waals surface area contributed by atoms with Crippen LogP contribution in [0.15, 0.2) is 67.8 Å². The minimum absolute atomic E-state index is 0.0976. The highest BCUT2D eigenvalue weighted by molar-refractivity contribution is 5.91. The summed E-state index contributed by atoms with van der Waals surface area (Å²) in [5.74, 6) is -0.967. The number of amides is 2. The summed E-state index contributed by atoms with van der Waals surface area (Å²) in [6.07, 6.45) is 3.75. The summed E-state index contributed by atoms with van der Waals surface area (Å²) in [5.41, 5.74) is 1.94. The summed E-state index contributed by atoms with van der Waals surface area (Å²) in [4.78, 5) is 41.6. The van der Waals surface area contributed by atoms with Crippen LogP contribution in [0.2, 0.25) is 0 Å². The smallest absolute Gasteiger partial charge is 0.407 e. The zero-order valence-corrected chi connectivity index (χ0v) is 26.6. The van der Waals surface area contributed by atoms with Crippen LogP contribution in [0.4, 0.5) is 4.79 Å². The summed E-state index contributed by atoms with van der Waals surface area (Å²) in [5, 5.41) is 2.77. The molecule has 2 unspecified atom stereocenters. The van der Waals surface area contributed by atoms with Crippen LogP contribution in [0.1, 0.15) is 58.6 Å². The number of nitrogens with one attached hydrogen (secondary N) is 1. The van der Waals surface area contributed by atoms with Crippen LogP contribution in [0.25, 0.3) is 17.2 Å². The second kappa shape index (κ2) is 13.6. The molecule has 1 saturated heterocycles. The largest absolute Gasteiger partial charge is 0.467 e. The number of alkyl carbamates (subject to hydrolysis) is 1. The molecule has 1 aliphatic rings. The van der Waals surface area contributed by atoms with E-state index in [-0.39, 0.29) is 25.0 Å². The fraction of sp³-hybridized carbons (Fsp3) is 0.457. The van der Waals surface area contributed by atoms with E-state index in [2.05, 4.69) is 18.5 Å². The summed E-state index contributed by atoms with van der Waals surface area (Å²) >= 11 is 0. The van der Waals surface area contributed by atoms with Gasteiger partial charge in [-0.05, 0) is 34.1 Å². The Bertz CT molecular complexity index is 1330. The van der Waals surface area contributed by atoms with E-state index >= 15 is 0 Å². The Labute approximate surface area is 256 Å². The number of benzene rings is 2. The number of esters is 1. The summed E-state index contributed by atoms with van der Waals surface area (Å²) in [6, 6.07) is 14.0. The molecule has 1 heterocycles. The zero-order chi connectivity index (χ0) is 32.0. The molecule has 43 heavy (non-hydrogen) atoms. The second-order valence-electron chi connectivity index (χ2n) is 13.0. The van der Waals surface area contributed by atoms with Gasteiger partial charge in [0.05, 0.1) is 20.3 Å². The Morgan fingerprint density at radius 1 is 1.05 bits per heavy atom. The van der Waals surface area contributed by atoms with Crippen molar-refractivity contribution in [1.82, 2.24) is 10.2 Å². The molecule has 8 heteroatoms. The SMILES string of the molecule is C=CCC(C)(C)COC(=O)N[C@H](C(=O)N1CC(OC)(c2ccc(-c3ccccc3C=C)cc2)CC1C(=O)OC)C(C)(C)C. The summed E-state index contributed by atoms with van der Waals surface area (Å²) in [6.45, 7) is 17.4. The van der Waals surface area contributed by atoms with Gasteiger partial charge in [-0.1, -0.05) is 102 Å². The van der Waals surface area contributed by atoms with Gasteiger partial charge in [0, 0.05) is 18.9 Å². The Hall–Kier alpha value is -3.91. The average molecular weight is 591 g/mol. The molecule has 0 saturated carbocycles. The lowest BCUT2D eigenvalue weighted by atomic mass is 9.85. The first-order valence-corrected chi connectivity index (χ1v) is 14.5. The van der Waals surface area contributed by atoms with Gasteiger partial charge in [-0.3, -0.25) is 4.79 Å². The van der Waals surface area contributed by atoms with Crippen LogP contribution in [0, 0.1) is 10.8 Å². The standard InChI is InChI=1S/C35H46N2O6/c1-10-20-34(6,7)23-43-32(40)36-29(33(3,4)5)30(38)37-22-35(42-9,21-28(37)31(39)41-8)26-18-16-25(17-19-26)27-15-13-12-14-24(27)11-2/h10-19,28-29H,1-2,20-23H2,3-9H3,(H,36,40)/t28?,29-,35?/m1/s1. The van der Waals surface area contributed by atoms with Crippen LogP contribution in [0.5, 0.6) is 0 Å². The first-order chi connectivity index (χ1) is 20.2. The molecule has 8 nitrogen and oxygen atoms in total. The van der Waals surface area contributed by atoms with Crippen LogP contribution >= 0.6 is 0 Å². The van der Waals surface area contributed by atoms with Gasteiger partial charge in [0.2, 0.25) is 5.91 Å². The summed E-state index contributed by atoms with van der Waals surface area (Å²) in [7, 11) is 2.87. The van der Waals surface area contributed by atoms with Crippen molar-refractivity contribution in [3.8, 4) is 11.1 Å². The molecular weight excluding hydrogens is 544 g/mol. The summed E-state index contributed by atoms with van der Waals surface area (Å²) < 4.78 is 16.7. The van der Waals surface area contributed by atoms with Gasteiger partial charge >= 0.3 is 12.1 Å². The topological polar surface area (TPSA) is 94.2 Å². The second-order valence-corrected chi connectivity index (χ2v) is 13.0. The fourth-order valence-corrected chi connectivity index (χ4v) is 5.50. The van der Waals surface area contributed by atoms with E-state index in [9.17, 15) is 14.4 Å². The van der Waals surface area contributed by atoms with Crippen LogP contribution in [0.3, 0.4) is 0 Å². The fourth-order valence-electron chi connectivity index (χ4n) is 5.50. The van der Waals surface area contributed by atoms with Crippen LogP contribution < -0.4 is 5.32 Å². The van der Waals surface area contributed by atoms with Crippen molar-refractivity contribution < 1.29 is 28.6 Å². The highest BCUT2D eigenvalue weighted by Crippen LogP contribution is 2.41. The van der Waals surface area contributed by atoms with E-state index in [0.29, 0.717) is 6.42 Å². The number of hydrogen-bond donors (Lipinski definition) is 1. The van der Waals surface area contributed by atoms with E-state index in [4.69, 9.17) is 14.2 Å². The van der Waals surface area contributed by atoms with Crippen molar-refractivity contribution in [2.24, 2.45) is 10.8 Å². The number of rotatable bonds is 11. The average Bonchev–Trinajstić information content (AvgIpc) is 3.39. The van der Waals surface area contributed by atoms with E-state index in [0.717, 1.165) is 22.3 Å². The molecule has 3 atom stereocenters. The number of methoxy groups -OCH3 is 2. The van der Waals surface area contributed by atoms with Gasteiger partial charge in [-0.25, -0.2) is 9.59 Å². The molecule has 232 valence electrons. The number of hydrogen-bond acceptors (Lipinski definition) is 6. The van der Waals surface area contributed by atoms with Crippen molar-refractivity contribution in [3.05, 3.63) is 78.9 Å². The number of carbonyl (C=O) groups excluding carboxylic acids is 3. The van der Waals surface area contributed by atoms with Gasteiger partial charge in [0.15, 0.2) is 0 Å². The Balaban J connectivity index is 1.91. The third-order valence-corrected chi connectivity index (χ3v) is 8.04. The highest BCUT2D eigenvalue weighted by atomic mass is 16.5. The molecule has 1 N–H and O–H groups in total. The number of carbonyl (C=O) groups is 3. The molecule has 0 aromatic heterocycles. The maximum absolute atomic E-state index is 14.2. The van der Waals surface area contributed by atoms with Gasteiger partial charge in [0.1, 0.15) is 17.7 Å². The van der Waals surface area contributed by atoms with Gasteiger partial charge < -0.3 is 24.4 Å². The third kappa shape index (κ3) is 7.73. The highest BCUT2D eigenvalue weighted by Gasteiger charge is 2.53. The van der Waals surface area contributed by atoms with Crippen molar-refractivity contribution in [1.29, 1.82) is 0 Å². The van der Waals surface area contributed by atoms with E-state index < -0.39 is 41.1 Å². The molecule has 1 aliphatic heterocycles. The predicted molar refractivity (Wildman–Crippen MR) is 169 cm³/mol. The molecule has 1 fully saturated rings. The minimum atomic E-state index is -0.972. The molecular formula is C35H46N2O6. The van der Waals surface area contributed by atoms with Gasteiger partial charge in [-0.15, -0.1) is 6.58 Å². The molecule has 2 amide bonds. The van der Waals surface area contributed by atoms with Crippen molar-refractivity contribution in [2.75, 3.05) is 27.4 Å². The molecule has 0 spiro atoms. The first kappa shape index (κ1) is 33.6. The van der Waals surface area contributed by atoms with Gasteiger partial charge in [-0.2, -0.15) is 0 Å². The quantitative estimate of drug-likeness (QED) is 0.242. The first-order valence-electron chi connectivity index (χ1n) is 14.5. The van der Waals surface area contributed by atoms with Crippen molar-refractivity contribution >= 4 is 24.0 Å². The molecule has 0 aliphatic carbocycles. The predicted octanol–water partition coefficient (Wildman–Crippen LogP) is 6.36. The van der Waals surface area contributed by atoms with E-state index in [1.165, 1.54) is 12.0 Å². The Morgan fingerprint density at radius 3 is 2.26 bits per heavy atom. The lowest BCUT2D eigenvalue weighted by Gasteiger charge is -2.35. The van der Waals surface area contributed by atoms with Crippen LogP contribution in [-0.4, -0.2) is 62.3 Å². The molecule has 0 radical (unpaired) electrons. The minimum Gasteiger partial charge on any atom is -0.467 e. The molecule has 2 aromatic rings. The number of likely N-dealkylation sites (tertiary alicyclic amines) is 1. The number of allylic oxidation sites excluding steroid dienone is 1. The van der Waals surface area contributed by atoms with Crippen LogP contribution in [-0.2, 0) is 29.4 Å². The molecule has 3 rings (SSSR count). The Kier molecular flexibility index (Phi) is 10.6. The maximum atomic E-state index is 14.2. The van der Waals surface area contributed by atoms with E-state index in [1.807, 2.05) is 89.2 Å². The lowest BCUT2D eigenvalue weighted by molar-refractivity contribution is -0.152. The monoisotopic (exact) mass is 590 g/mol. The number of nitrogens with zero attached hydrogens (tertiary/aromatic N) is 1. The Morgan fingerprint density at radius 2 is 1.70 bits per heavy atom. The normalized spacial score (nSPS) is 19.3. The van der Waals surface area contributed by atoms with Crippen molar-refractivity contribution in [2.45, 2.75) is 65.1 Å². The van der Waals surface area contributed by atoms with Gasteiger partial charge in [0.25, 0.3) is 0 Å². The third-order valence-electron chi connectivity index (χ3n) is 8.04. The maximum Gasteiger partial charge on any atom is 0.407 e. The molecule has 2 aromatic carbocycles. The van der Waals surface area contributed by atoms with E-state index in [1.54, 1.807) is 13.2 Å². The number of ether oxygens (including phenoxy) is 3. The van der Waals surface area contributed by atoms with Crippen molar-refractivity contribution in [3.63, 3.8) is 0 Å². The molecule has 0 bridgehead atoms. The lowest BCUT2D eigenvalue weighted by Crippen LogP contribution is -2.57.